The second-order valence-corrected chi connectivity index (χ2v) is 3.74. The summed E-state index contributed by atoms with van der Waals surface area (Å²) in [5.41, 5.74) is 7.37. The van der Waals surface area contributed by atoms with E-state index in [4.69, 9.17) is 10.8 Å². The molecule has 3 N–H and O–H groups in total. The first-order valence-corrected chi connectivity index (χ1v) is 5.07. The van der Waals surface area contributed by atoms with Crippen molar-refractivity contribution in [1.29, 1.82) is 0 Å². The molecule has 2 rings (SSSR count). The number of carboxylic acid groups (broad SMARTS) is 1. The van der Waals surface area contributed by atoms with E-state index in [1.807, 2.05) is 0 Å². The monoisotopic (exact) mass is 206 g/mol. The SMILES string of the molecule is Nc1cccc(C(=O)O)c1N1CCCC1. The Bertz CT molecular complexity index is 384. The zero-order valence-corrected chi connectivity index (χ0v) is 8.44. The number of carboxylic acids is 1. The van der Waals surface area contributed by atoms with Crippen LogP contribution in [0.5, 0.6) is 0 Å². The number of para-hydroxylation sites is 1. The molecule has 1 aliphatic rings. The van der Waals surface area contributed by atoms with Gasteiger partial charge >= 0.3 is 5.97 Å². The number of rotatable bonds is 2. The lowest BCUT2D eigenvalue weighted by molar-refractivity contribution is 0.0697. The molecule has 1 heterocycles. The number of nitrogens with two attached hydrogens (primary N) is 1. The average Bonchev–Trinajstić information content (AvgIpc) is 2.70. The first kappa shape index (κ1) is 9.83. The van der Waals surface area contributed by atoms with Gasteiger partial charge in [-0.3, -0.25) is 0 Å². The minimum Gasteiger partial charge on any atom is -0.478 e. The standard InChI is InChI=1S/C11H14N2O2/c12-9-5-3-4-8(11(14)15)10(9)13-6-1-2-7-13/h3-5H,1-2,6-7,12H2,(H,14,15). The summed E-state index contributed by atoms with van der Waals surface area (Å²) in [5, 5.41) is 9.07. The van der Waals surface area contributed by atoms with Crippen LogP contribution >= 0.6 is 0 Å². The van der Waals surface area contributed by atoms with Crippen molar-refractivity contribution in [2.45, 2.75) is 12.8 Å². The Morgan fingerprint density at radius 1 is 1.33 bits per heavy atom. The smallest absolute Gasteiger partial charge is 0.337 e. The van der Waals surface area contributed by atoms with Crippen molar-refractivity contribution in [3.8, 4) is 0 Å². The number of nitrogens with zero attached hydrogens (tertiary/aromatic N) is 1. The van der Waals surface area contributed by atoms with Crippen LogP contribution < -0.4 is 10.6 Å². The van der Waals surface area contributed by atoms with Crippen molar-refractivity contribution in [2.24, 2.45) is 0 Å². The second-order valence-electron chi connectivity index (χ2n) is 3.74. The molecule has 15 heavy (non-hydrogen) atoms. The third-order valence-corrected chi connectivity index (χ3v) is 2.72. The molecule has 0 spiro atoms. The van der Waals surface area contributed by atoms with Gasteiger partial charge in [-0.05, 0) is 25.0 Å². The van der Waals surface area contributed by atoms with Gasteiger partial charge in [-0.15, -0.1) is 0 Å². The first-order valence-electron chi connectivity index (χ1n) is 5.07. The lowest BCUT2D eigenvalue weighted by Gasteiger charge is -2.21. The molecule has 1 fully saturated rings. The van der Waals surface area contributed by atoms with Gasteiger partial charge in [0.15, 0.2) is 0 Å². The van der Waals surface area contributed by atoms with Gasteiger partial charge in [-0.2, -0.15) is 0 Å². The van der Waals surface area contributed by atoms with Gasteiger partial charge in [0.2, 0.25) is 0 Å². The Morgan fingerprint density at radius 2 is 2.00 bits per heavy atom. The number of carbonyl (C=O) groups is 1. The predicted octanol–water partition coefficient (Wildman–Crippen LogP) is 1.57. The average molecular weight is 206 g/mol. The third kappa shape index (κ3) is 1.75. The summed E-state index contributed by atoms with van der Waals surface area (Å²) in [6.07, 6.45) is 2.21. The summed E-state index contributed by atoms with van der Waals surface area (Å²) in [5.74, 6) is -0.913. The van der Waals surface area contributed by atoms with Crippen LogP contribution in [0, 0.1) is 0 Å². The fourth-order valence-corrected chi connectivity index (χ4v) is 2.03. The van der Waals surface area contributed by atoms with Crippen molar-refractivity contribution in [3.05, 3.63) is 23.8 Å². The van der Waals surface area contributed by atoms with Crippen molar-refractivity contribution in [1.82, 2.24) is 0 Å². The summed E-state index contributed by atoms with van der Waals surface area (Å²) in [7, 11) is 0. The van der Waals surface area contributed by atoms with Crippen molar-refractivity contribution in [3.63, 3.8) is 0 Å². The fraction of sp³-hybridized carbons (Fsp3) is 0.364. The number of benzene rings is 1. The maximum atomic E-state index is 11.0. The van der Waals surface area contributed by atoms with E-state index in [1.165, 1.54) is 0 Å². The van der Waals surface area contributed by atoms with E-state index in [0.717, 1.165) is 25.9 Å². The topological polar surface area (TPSA) is 66.6 Å². The predicted molar refractivity (Wildman–Crippen MR) is 59.3 cm³/mol. The van der Waals surface area contributed by atoms with Crippen LogP contribution in [0.3, 0.4) is 0 Å². The zero-order chi connectivity index (χ0) is 10.8. The van der Waals surface area contributed by atoms with Crippen LogP contribution in [0.2, 0.25) is 0 Å². The first-order chi connectivity index (χ1) is 7.20. The largest absolute Gasteiger partial charge is 0.478 e. The molecule has 0 radical (unpaired) electrons. The van der Waals surface area contributed by atoms with Crippen molar-refractivity contribution in [2.75, 3.05) is 23.7 Å². The molecule has 1 saturated heterocycles. The molecule has 1 aliphatic heterocycles. The molecule has 0 saturated carbocycles. The molecule has 1 aromatic rings. The van der Waals surface area contributed by atoms with Gasteiger partial charge in [-0.1, -0.05) is 6.07 Å². The van der Waals surface area contributed by atoms with Gasteiger partial charge < -0.3 is 15.7 Å². The molecule has 4 nitrogen and oxygen atoms in total. The van der Waals surface area contributed by atoms with E-state index >= 15 is 0 Å². The second kappa shape index (κ2) is 3.81. The summed E-state index contributed by atoms with van der Waals surface area (Å²) < 4.78 is 0. The van der Waals surface area contributed by atoms with Crippen molar-refractivity contribution >= 4 is 17.3 Å². The number of anilines is 2. The third-order valence-electron chi connectivity index (χ3n) is 2.72. The molecular formula is C11H14N2O2. The summed E-state index contributed by atoms with van der Waals surface area (Å²) in [4.78, 5) is 13.1. The van der Waals surface area contributed by atoms with Gasteiger partial charge in [0.1, 0.15) is 0 Å². The van der Waals surface area contributed by atoms with E-state index in [1.54, 1.807) is 18.2 Å². The molecule has 0 amide bonds. The number of hydrogen-bond donors (Lipinski definition) is 2. The van der Waals surface area contributed by atoms with Crippen LogP contribution in [0.25, 0.3) is 0 Å². The Morgan fingerprint density at radius 3 is 2.60 bits per heavy atom. The van der Waals surface area contributed by atoms with E-state index in [-0.39, 0.29) is 0 Å². The number of aromatic carboxylic acids is 1. The van der Waals surface area contributed by atoms with E-state index < -0.39 is 5.97 Å². The lowest BCUT2D eigenvalue weighted by atomic mass is 10.1. The Balaban J connectivity index is 2.46. The Kier molecular flexibility index (Phi) is 2.49. The normalized spacial score (nSPS) is 15.6. The Hall–Kier alpha value is -1.71. The van der Waals surface area contributed by atoms with Crippen molar-refractivity contribution < 1.29 is 9.90 Å². The number of hydrogen-bond acceptors (Lipinski definition) is 3. The van der Waals surface area contributed by atoms with E-state index in [2.05, 4.69) is 4.90 Å². The molecule has 0 aliphatic carbocycles. The summed E-state index contributed by atoms with van der Waals surface area (Å²) >= 11 is 0. The van der Waals surface area contributed by atoms with Gasteiger partial charge in [0.05, 0.1) is 16.9 Å². The number of nitrogen functional groups attached to an aromatic ring is 1. The molecular weight excluding hydrogens is 192 g/mol. The minimum atomic E-state index is -0.913. The summed E-state index contributed by atoms with van der Waals surface area (Å²) in [6, 6.07) is 5.03. The summed E-state index contributed by atoms with van der Waals surface area (Å²) in [6.45, 7) is 1.79. The van der Waals surface area contributed by atoms with Gasteiger partial charge in [0, 0.05) is 13.1 Å². The molecule has 80 valence electrons. The maximum Gasteiger partial charge on any atom is 0.337 e. The molecule has 0 bridgehead atoms. The quantitative estimate of drug-likeness (QED) is 0.721. The van der Waals surface area contributed by atoms with Crippen LogP contribution in [0.4, 0.5) is 11.4 Å². The van der Waals surface area contributed by atoms with E-state index in [9.17, 15) is 4.79 Å². The zero-order valence-electron chi connectivity index (χ0n) is 8.44. The highest BCUT2D eigenvalue weighted by Crippen LogP contribution is 2.30. The highest BCUT2D eigenvalue weighted by Gasteiger charge is 2.20. The molecule has 4 heteroatoms. The minimum absolute atomic E-state index is 0.303. The highest BCUT2D eigenvalue weighted by atomic mass is 16.4. The molecule has 0 aromatic heterocycles. The van der Waals surface area contributed by atoms with Crippen LogP contribution in [0.1, 0.15) is 23.2 Å². The van der Waals surface area contributed by atoms with Crippen LogP contribution in [0.15, 0.2) is 18.2 Å². The van der Waals surface area contributed by atoms with Gasteiger partial charge in [0.25, 0.3) is 0 Å². The lowest BCUT2D eigenvalue weighted by Crippen LogP contribution is -2.22. The van der Waals surface area contributed by atoms with Crippen LogP contribution in [-0.4, -0.2) is 24.2 Å². The highest BCUT2D eigenvalue weighted by molar-refractivity contribution is 5.98. The van der Waals surface area contributed by atoms with E-state index in [0.29, 0.717) is 16.9 Å². The Labute approximate surface area is 88.3 Å². The fourth-order valence-electron chi connectivity index (χ4n) is 2.03. The molecule has 1 aromatic carbocycles. The molecule has 0 atom stereocenters. The van der Waals surface area contributed by atoms with Gasteiger partial charge in [-0.25, -0.2) is 4.79 Å². The van der Waals surface area contributed by atoms with Crippen LogP contribution in [-0.2, 0) is 0 Å². The molecule has 0 unspecified atom stereocenters. The maximum absolute atomic E-state index is 11.0.